The molecular weight excluding hydrogens is 334 g/mol. The maximum atomic E-state index is 12.6. The highest BCUT2D eigenvalue weighted by molar-refractivity contribution is 5.90. The number of piperazine rings is 1. The largest absolute Gasteiger partial charge is 0.480 e. The van der Waals surface area contributed by atoms with E-state index < -0.39 is 5.54 Å². The van der Waals surface area contributed by atoms with Gasteiger partial charge >= 0.3 is 6.03 Å². The highest BCUT2D eigenvalue weighted by atomic mass is 16.5. The number of carbonyl (C=O) groups excluding carboxylic acids is 2. The number of rotatable bonds is 4. The van der Waals surface area contributed by atoms with Crippen LogP contribution in [0.2, 0.25) is 0 Å². The zero-order valence-corrected chi connectivity index (χ0v) is 15.2. The number of nitrogens with zero attached hydrogens (tertiary/aromatic N) is 3. The normalized spacial score (nSPS) is 20.4. The number of amides is 3. The number of anilines is 1. The molecule has 3 amide bonds. The average Bonchev–Trinajstić information content (AvgIpc) is 2.69. The summed E-state index contributed by atoms with van der Waals surface area (Å²) in [5.41, 5.74) is 5.78. The summed E-state index contributed by atoms with van der Waals surface area (Å²) in [5.74, 6) is 0.157. The Morgan fingerprint density at radius 1 is 1.19 bits per heavy atom. The third-order valence-corrected chi connectivity index (χ3v) is 5.52. The number of hydrogen-bond acceptors (Lipinski definition) is 5. The van der Waals surface area contributed by atoms with Crippen molar-refractivity contribution in [3.05, 3.63) is 18.3 Å². The number of nitrogens with one attached hydrogen (secondary N) is 1. The van der Waals surface area contributed by atoms with Gasteiger partial charge in [0, 0.05) is 32.4 Å². The summed E-state index contributed by atoms with van der Waals surface area (Å²) >= 11 is 0. The van der Waals surface area contributed by atoms with Gasteiger partial charge < -0.3 is 20.7 Å². The summed E-state index contributed by atoms with van der Waals surface area (Å²) < 4.78 is 5.17. The molecule has 1 aromatic heterocycles. The van der Waals surface area contributed by atoms with Crippen LogP contribution >= 0.6 is 0 Å². The van der Waals surface area contributed by atoms with Crippen molar-refractivity contribution >= 4 is 17.6 Å². The Morgan fingerprint density at radius 2 is 1.88 bits per heavy atom. The van der Waals surface area contributed by atoms with Gasteiger partial charge in [0.1, 0.15) is 11.2 Å². The van der Waals surface area contributed by atoms with E-state index in [2.05, 4.69) is 15.2 Å². The SMILES string of the molecule is COc1ncccc1NC(=O)N1CCN(C2(C(N)=O)CCCCC2)CC1. The molecule has 8 heteroatoms. The lowest BCUT2D eigenvalue weighted by atomic mass is 9.79. The third-order valence-electron chi connectivity index (χ3n) is 5.52. The van der Waals surface area contributed by atoms with Crippen molar-refractivity contribution < 1.29 is 14.3 Å². The van der Waals surface area contributed by atoms with Crippen molar-refractivity contribution in [3.8, 4) is 5.88 Å². The number of urea groups is 1. The van der Waals surface area contributed by atoms with E-state index in [0.717, 1.165) is 32.1 Å². The second-order valence-corrected chi connectivity index (χ2v) is 6.92. The molecule has 1 saturated heterocycles. The fraction of sp³-hybridized carbons (Fsp3) is 0.611. The van der Waals surface area contributed by atoms with Crippen molar-refractivity contribution in [1.29, 1.82) is 0 Å². The van der Waals surface area contributed by atoms with Crippen molar-refractivity contribution in [3.63, 3.8) is 0 Å². The molecule has 1 aliphatic carbocycles. The van der Waals surface area contributed by atoms with E-state index in [0.29, 0.717) is 37.7 Å². The van der Waals surface area contributed by atoms with Gasteiger partial charge in [0.05, 0.1) is 7.11 Å². The molecule has 0 bridgehead atoms. The number of ether oxygens (including phenoxy) is 1. The van der Waals surface area contributed by atoms with E-state index in [9.17, 15) is 9.59 Å². The van der Waals surface area contributed by atoms with Crippen molar-refractivity contribution in [2.45, 2.75) is 37.6 Å². The molecule has 2 heterocycles. The zero-order chi connectivity index (χ0) is 18.6. The van der Waals surface area contributed by atoms with Crippen molar-refractivity contribution in [2.24, 2.45) is 5.73 Å². The smallest absolute Gasteiger partial charge is 0.322 e. The number of primary amides is 1. The molecule has 1 saturated carbocycles. The molecule has 1 aliphatic heterocycles. The first-order chi connectivity index (χ1) is 12.6. The van der Waals surface area contributed by atoms with Gasteiger partial charge in [0.15, 0.2) is 0 Å². The van der Waals surface area contributed by atoms with Crippen LogP contribution in [0.4, 0.5) is 10.5 Å². The molecular formula is C18H27N5O3. The van der Waals surface area contributed by atoms with E-state index in [-0.39, 0.29) is 11.9 Å². The second-order valence-electron chi connectivity index (χ2n) is 6.92. The van der Waals surface area contributed by atoms with Gasteiger partial charge in [0.25, 0.3) is 0 Å². The monoisotopic (exact) mass is 361 g/mol. The predicted octanol–water partition coefficient (Wildman–Crippen LogP) is 1.43. The Hall–Kier alpha value is -2.35. The number of pyridine rings is 1. The molecule has 0 atom stereocenters. The Labute approximate surface area is 153 Å². The molecule has 3 rings (SSSR count). The van der Waals surface area contributed by atoms with Crippen LogP contribution in [0.15, 0.2) is 18.3 Å². The average molecular weight is 361 g/mol. The summed E-state index contributed by atoms with van der Waals surface area (Å²) in [6.45, 7) is 2.42. The van der Waals surface area contributed by atoms with Gasteiger partial charge in [0.2, 0.25) is 11.8 Å². The highest BCUT2D eigenvalue weighted by Crippen LogP contribution is 2.34. The van der Waals surface area contributed by atoms with E-state index >= 15 is 0 Å². The first-order valence-corrected chi connectivity index (χ1v) is 9.17. The molecule has 2 aliphatic rings. The van der Waals surface area contributed by atoms with Crippen LogP contribution in [-0.4, -0.2) is 65.5 Å². The third kappa shape index (κ3) is 3.60. The molecule has 0 radical (unpaired) electrons. The standard InChI is InChI=1S/C18H27N5O3/c1-26-15-14(6-5-9-20-15)21-17(25)22-10-12-23(13-11-22)18(16(19)24)7-3-2-4-8-18/h5-6,9H,2-4,7-8,10-13H2,1H3,(H2,19,24)(H,21,25). The van der Waals surface area contributed by atoms with Gasteiger partial charge in [-0.2, -0.15) is 0 Å². The number of carbonyl (C=O) groups is 2. The maximum Gasteiger partial charge on any atom is 0.322 e. The second kappa shape index (κ2) is 7.90. The Bertz CT molecular complexity index is 652. The number of aromatic nitrogens is 1. The molecule has 0 unspecified atom stereocenters. The Morgan fingerprint density at radius 3 is 2.50 bits per heavy atom. The summed E-state index contributed by atoms with van der Waals surface area (Å²) in [6, 6.07) is 3.31. The molecule has 0 aromatic carbocycles. The Kier molecular flexibility index (Phi) is 5.61. The minimum Gasteiger partial charge on any atom is -0.480 e. The van der Waals surface area contributed by atoms with Crippen LogP contribution < -0.4 is 15.8 Å². The highest BCUT2D eigenvalue weighted by Gasteiger charge is 2.44. The van der Waals surface area contributed by atoms with Crippen molar-refractivity contribution in [2.75, 3.05) is 38.6 Å². The van der Waals surface area contributed by atoms with Crippen molar-refractivity contribution in [1.82, 2.24) is 14.8 Å². The van der Waals surface area contributed by atoms with Crippen LogP contribution in [0.3, 0.4) is 0 Å². The van der Waals surface area contributed by atoms with Crippen LogP contribution in [-0.2, 0) is 4.79 Å². The minimum absolute atomic E-state index is 0.187. The zero-order valence-electron chi connectivity index (χ0n) is 15.2. The molecule has 2 fully saturated rings. The summed E-state index contributed by atoms with van der Waals surface area (Å²) in [5, 5.41) is 2.85. The predicted molar refractivity (Wildman–Crippen MR) is 98.0 cm³/mol. The molecule has 26 heavy (non-hydrogen) atoms. The molecule has 142 valence electrons. The quantitative estimate of drug-likeness (QED) is 0.845. The van der Waals surface area contributed by atoms with Gasteiger partial charge in [-0.15, -0.1) is 0 Å². The Balaban J connectivity index is 1.61. The number of hydrogen-bond donors (Lipinski definition) is 2. The van der Waals surface area contributed by atoms with Gasteiger partial charge in [-0.1, -0.05) is 19.3 Å². The topological polar surface area (TPSA) is 101 Å². The first-order valence-electron chi connectivity index (χ1n) is 9.17. The first kappa shape index (κ1) is 18.4. The lowest BCUT2D eigenvalue weighted by Gasteiger charge is -2.47. The fourth-order valence-corrected chi connectivity index (χ4v) is 4.04. The fourth-order valence-electron chi connectivity index (χ4n) is 4.04. The van der Waals surface area contributed by atoms with Gasteiger partial charge in [-0.25, -0.2) is 9.78 Å². The van der Waals surface area contributed by atoms with Gasteiger partial charge in [-0.05, 0) is 25.0 Å². The lowest BCUT2D eigenvalue weighted by molar-refractivity contribution is -0.134. The van der Waals surface area contributed by atoms with E-state index in [1.165, 1.54) is 7.11 Å². The van der Waals surface area contributed by atoms with Crippen LogP contribution in [0.5, 0.6) is 5.88 Å². The maximum absolute atomic E-state index is 12.6. The van der Waals surface area contributed by atoms with Gasteiger partial charge in [-0.3, -0.25) is 9.69 Å². The molecule has 0 spiro atoms. The summed E-state index contributed by atoms with van der Waals surface area (Å²) in [7, 11) is 1.52. The summed E-state index contributed by atoms with van der Waals surface area (Å²) in [6.07, 6.45) is 6.47. The minimum atomic E-state index is -0.534. The van der Waals surface area contributed by atoms with Crippen LogP contribution in [0, 0.1) is 0 Å². The number of methoxy groups -OCH3 is 1. The van der Waals surface area contributed by atoms with E-state index in [1.54, 1.807) is 23.2 Å². The lowest BCUT2D eigenvalue weighted by Crippen LogP contribution is -2.64. The molecule has 8 nitrogen and oxygen atoms in total. The van der Waals surface area contributed by atoms with E-state index in [1.807, 2.05) is 0 Å². The summed E-state index contributed by atoms with van der Waals surface area (Å²) in [4.78, 5) is 32.7. The molecule has 3 N–H and O–H groups in total. The molecule has 1 aromatic rings. The van der Waals surface area contributed by atoms with E-state index in [4.69, 9.17) is 10.5 Å². The van der Waals surface area contributed by atoms with Crippen LogP contribution in [0.1, 0.15) is 32.1 Å². The number of nitrogens with two attached hydrogens (primary N) is 1. The van der Waals surface area contributed by atoms with Crippen LogP contribution in [0.25, 0.3) is 0 Å².